The Bertz CT molecular complexity index is 672. The van der Waals surface area contributed by atoms with E-state index in [0.29, 0.717) is 6.54 Å². The number of carboxylic acids is 1. The SMILES string of the molecule is O=C(O)C1CCCN(CC/C=C(/c2ccccc2)c2cccnc2)C1. The summed E-state index contributed by atoms with van der Waals surface area (Å²) in [5, 5.41) is 9.22. The number of rotatable bonds is 6. The summed E-state index contributed by atoms with van der Waals surface area (Å²) in [5.74, 6) is -0.884. The highest BCUT2D eigenvalue weighted by molar-refractivity contribution is 5.79. The number of hydrogen-bond donors (Lipinski definition) is 1. The lowest BCUT2D eigenvalue weighted by Crippen LogP contribution is -2.39. The largest absolute Gasteiger partial charge is 0.481 e. The van der Waals surface area contributed by atoms with Crippen LogP contribution in [0.25, 0.3) is 5.57 Å². The third-order valence-corrected chi connectivity index (χ3v) is 4.71. The van der Waals surface area contributed by atoms with E-state index in [4.69, 9.17) is 0 Å². The van der Waals surface area contributed by atoms with Gasteiger partial charge in [-0.1, -0.05) is 42.5 Å². The first-order valence-electron chi connectivity index (χ1n) is 8.85. The van der Waals surface area contributed by atoms with Gasteiger partial charge in [0, 0.05) is 31.0 Å². The molecule has 25 heavy (non-hydrogen) atoms. The Labute approximate surface area is 148 Å². The monoisotopic (exact) mass is 336 g/mol. The highest BCUT2D eigenvalue weighted by atomic mass is 16.4. The number of carbonyl (C=O) groups is 1. The number of aromatic nitrogens is 1. The van der Waals surface area contributed by atoms with E-state index in [0.717, 1.165) is 37.9 Å². The zero-order valence-corrected chi connectivity index (χ0v) is 14.3. The molecule has 1 aliphatic rings. The number of benzene rings is 1. The quantitative estimate of drug-likeness (QED) is 0.874. The third-order valence-electron chi connectivity index (χ3n) is 4.71. The maximum Gasteiger partial charge on any atom is 0.307 e. The van der Waals surface area contributed by atoms with Gasteiger partial charge in [0.1, 0.15) is 0 Å². The molecule has 0 bridgehead atoms. The van der Waals surface area contributed by atoms with Gasteiger partial charge in [-0.3, -0.25) is 9.78 Å². The molecule has 4 nitrogen and oxygen atoms in total. The van der Waals surface area contributed by atoms with E-state index in [1.807, 2.05) is 30.5 Å². The third kappa shape index (κ3) is 4.77. The van der Waals surface area contributed by atoms with Gasteiger partial charge >= 0.3 is 5.97 Å². The van der Waals surface area contributed by atoms with E-state index in [2.05, 4.69) is 34.2 Å². The van der Waals surface area contributed by atoms with Crippen LogP contribution in [-0.2, 0) is 4.79 Å². The summed E-state index contributed by atoms with van der Waals surface area (Å²) in [6.07, 6.45) is 8.58. The Balaban J connectivity index is 1.70. The molecule has 0 amide bonds. The minimum atomic E-state index is -0.666. The summed E-state index contributed by atoms with van der Waals surface area (Å²) in [7, 11) is 0. The van der Waals surface area contributed by atoms with Crippen LogP contribution < -0.4 is 0 Å². The number of carboxylic acid groups (broad SMARTS) is 1. The van der Waals surface area contributed by atoms with E-state index in [1.54, 1.807) is 6.20 Å². The van der Waals surface area contributed by atoms with Crippen LogP contribution in [0.5, 0.6) is 0 Å². The Morgan fingerprint density at radius 3 is 2.72 bits per heavy atom. The van der Waals surface area contributed by atoms with E-state index in [9.17, 15) is 9.90 Å². The molecule has 0 aliphatic carbocycles. The molecule has 0 radical (unpaired) electrons. The Morgan fingerprint density at radius 2 is 2.00 bits per heavy atom. The number of hydrogen-bond acceptors (Lipinski definition) is 3. The van der Waals surface area contributed by atoms with Crippen LogP contribution in [-0.4, -0.2) is 40.6 Å². The van der Waals surface area contributed by atoms with Crippen molar-refractivity contribution >= 4 is 11.5 Å². The second kappa shape index (κ2) is 8.58. The van der Waals surface area contributed by atoms with E-state index < -0.39 is 5.97 Å². The van der Waals surface area contributed by atoms with Gasteiger partial charge in [0.2, 0.25) is 0 Å². The van der Waals surface area contributed by atoms with E-state index >= 15 is 0 Å². The van der Waals surface area contributed by atoms with Crippen molar-refractivity contribution in [3.63, 3.8) is 0 Å². The molecule has 2 aromatic rings. The maximum atomic E-state index is 11.2. The lowest BCUT2D eigenvalue weighted by atomic mass is 9.97. The second-order valence-electron chi connectivity index (χ2n) is 6.49. The van der Waals surface area contributed by atoms with Crippen LogP contribution in [0.1, 0.15) is 30.4 Å². The molecule has 1 N–H and O–H groups in total. The van der Waals surface area contributed by atoms with Gasteiger partial charge in [0.25, 0.3) is 0 Å². The van der Waals surface area contributed by atoms with Crippen molar-refractivity contribution in [1.82, 2.24) is 9.88 Å². The second-order valence-corrected chi connectivity index (χ2v) is 6.49. The predicted octanol–water partition coefficient (Wildman–Crippen LogP) is 3.70. The Hall–Kier alpha value is -2.46. The zero-order valence-electron chi connectivity index (χ0n) is 14.3. The summed E-state index contributed by atoms with van der Waals surface area (Å²) >= 11 is 0. The average Bonchev–Trinajstić information content (AvgIpc) is 2.67. The topological polar surface area (TPSA) is 53.4 Å². The highest BCUT2D eigenvalue weighted by Crippen LogP contribution is 2.23. The van der Waals surface area contributed by atoms with Crippen LogP contribution in [0, 0.1) is 5.92 Å². The zero-order chi connectivity index (χ0) is 17.5. The first-order valence-corrected chi connectivity index (χ1v) is 8.85. The van der Waals surface area contributed by atoms with E-state index in [-0.39, 0.29) is 5.92 Å². The number of aliphatic carboxylic acids is 1. The minimum Gasteiger partial charge on any atom is -0.481 e. The fourth-order valence-electron chi connectivity index (χ4n) is 3.39. The molecule has 0 spiro atoms. The van der Waals surface area contributed by atoms with Gasteiger partial charge in [-0.2, -0.15) is 0 Å². The average molecular weight is 336 g/mol. The minimum absolute atomic E-state index is 0.218. The van der Waals surface area contributed by atoms with E-state index in [1.165, 1.54) is 11.1 Å². The molecular formula is C21H24N2O2. The number of pyridine rings is 1. The normalized spacial score (nSPS) is 18.9. The molecule has 1 aliphatic heterocycles. The summed E-state index contributed by atoms with van der Waals surface area (Å²) in [4.78, 5) is 17.7. The fraction of sp³-hybridized carbons (Fsp3) is 0.333. The Morgan fingerprint density at radius 1 is 1.20 bits per heavy atom. The maximum absolute atomic E-state index is 11.2. The molecule has 2 heterocycles. The number of nitrogens with zero attached hydrogens (tertiary/aromatic N) is 2. The molecular weight excluding hydrogens is 312 g/mol. The van der Waals surface area contributed by atoms with Crippen molar-refractivity contribution in [3.8, 4) is 0 Å². The lowest BCUT2D eigenvalue weighted by molar-refractivity contribution is -0.143. The molecule has 1 aromatic heterocycles. The standard InChI is InChI=1S/C21H24N2O2/c24-21(25)19-10-5-13-23(16-19)14-6-11-20(17-7-2-1-3-8-17)18-9-4-12-22-15-18/h1-4,7-9,11-12,15,19H,5-6,10,13-14,16H2,(H,24,25)/b20-11-. The van der Waals surface area contributed by atoms with Crippen LogP contribution in [0.2, 0.25) is 0 Å². The first-order chi connectivity index (χ1) is 12.2. The van der Waals surface area contributed by atoms with Gasteiger partial charge in [-0.15, -0.1) is 0 Å². The molecule has 1 unspecified atom stereocenters. The molecule has 1 saturated heterocycles. The molecule has 0 saturated carbocycles. The lowest BCUT2D eigenvalue weighted by Gasteiger charge is -2.30. The predicted molar refractivity (Wildman–Crippen MR) is 99.2 cm³/mol. The number of piperidine rings is 1. The van der Waals surface area contributed by atoms with Gasteiger partial charge in [0.15, 0.2) is 0 Å². The van der Waals surface area contributed by atoms with Gasteiger partial charge in [0.05, 0.1) is 5.92 Å². The van der Waals surface area contributed by atoms with Crippen LogP contribution >= 0.6 is 0 Å². The van der Waals surface area contributed by atoms with Crippen molar-refractivity contribution in [1.29, 1.82) is 0 Å². The van der Waals surface area contributed by atoms with Crippen molar-refractivity contribution in [2.24, 2.45) is 5.92 Å². The van der Waals surface area contributed by atoms with Gasteiger partial charge in [-0.25, -0.2) is 0 Å². The molecule has 130 valence electrons. The number of likely N-dealkylation sites (tertiary alicyclic amines) is 1. The van der Waals surface area contributed by atoms with Crippen LogP contribution in [0.3, 0.4) is 0 Å². The summed E-state index contributed by atoms with van der Waals surface area (Å²) in [5.41, 5.74) is 3.47. The highest BCUT2D eigenvalue weighted by Gasteiger charge is 2.24. The van der Waals surface area contributed by atoms with Crippen LogP contribution in [0.4, 0.5) is 0 Å². The van der Waals surface area contributed by atoms with Crippen molar-refractivity contribution < 1.29 is 9.90 Å². The van der Waals surface area contributed by atoms with Crippen molar-refractivity contribution in [3.05, 3.63) is 72.1 Å². The van der Waals surface area contributed by atoms with Crippen molar-refractivity contribution in [2.45, 2.75) is 19.3 Å². The van der Waals surface area contributed by atoms with Gasteiger partial charge < -0.3 is 10.0 Å². The summed E-state index contributed by atoms with van der Waals surface area (Å²) in [6, 6.07) is 14.4. The van der Waals surface area contributed by atoms with Crippen LogP contribution in [0.15, 0.2) is 60.9 Å². The molecule has 3 rings (SSSR count). The first kappa shape index (κ1) is 17.4. The fourth-order valence-corrected chi connectivity index (χ4v) is 3.39. The molecule has 1 atom stereocenters. The summed E-state index contributed by atoms with van der Waals surface area (Å²) < 4.78 is 0. The Kier molecular flexibility index (Phi) is 5.96. The van der Waals surface area contributed by atoms with Crippen molar-refractivity contribution in [2.75, 3.05) is 19.6 Å². The molecule has 1 fully saturated rings. The summed E-state index contributed by atoms with van der Waals surface area (Å²) in [6.45, 7) is 2.54. The molecule has 4 heteroatoms. The van der Waals surface area contributed by atoms with Gasteiger partial charge in [-0.05, 0) is 43.0 Å². The molecule has 1 aromatic carbocycles. The smallest absolute Gasteiger partial charge is 0.307 e.